The van der Waals surface area contributed by atoms with Gasteiger partial charge in [-0.3, -0.25) is 4.79 Å². The summed E-state index contributed by atoms with van der Waals surface area (Å²) >= 11 is 23.4. The topological polar surface area (TPSA) is 55.3 Å². The molecule has 0 radical (unpaired) electrons. The molecule has 0 spiro atoms. The van der Waals surface area contributed by atoms with E-state index in [1.54, 1.807) is 4.90 Å². The molecule has 0 saturated heterocycles. The Bertz CT molecular complexity index is 513. The number of nitrogens with zero attached hydrogens (tertiary/aromatic N) is 1. The molecule has 1 rings (SSSR count). The molecule has 8 heteroatoms. The highest BCUT2D eigenvalue weighted by atomic mass is 35.5. The Balaban J connectivity index is 0. The van der Waals surface area contributed by atoms with Gasteiger partial charge in [0.2, 0.25) is 0 Å². The number of alkyl halides is 1. The van der Waals surface area contributed by atoms with Crippen LogP contribution < -0.4 is 6.15 Å². The van der Waals surface area contributed by atoms with Crippen molar-refractivity contribution in [2.75, 3.05) is 5.75 Å². The molecule has 1 aromatic rings. The summed E-state index contributed by atoms with van der Waals surface area (Å²) in [4.78, 5) is 13.7. The number of hydrogen-bond acceptors (Lipinski definition) is 3. The lowest BCUT2D eigenvalue weighted by Crippen LogP contribution is -2.39. The molecule has 0 aliphatic heterocycles. The molecule has 0 aromatic heterocycles. The predicted octanol–water partition coefficient (Wildman–Crippen LogP) is 7.43. The van der Waals surface area contributed by atoms with Crippen LogP contribution in [0.3, 0.4) is 0 Å². The summed E-state index contributed by atoms with van der Waals surface area (Å²) in [5, 5.41) is 0.284. The summed E-state index contributed by atoms with van der Waals surface area (Å²) in [5.41, 5.74) is 1.18. The van der Waals surface area contributed by atoms with E-state index < -0.39 is 0 Å². The van der Waals surface area contributed by atoms with Crippen LogP contribution in [0.4, 0.5) is 4.79 Å². The fraction of sp³-hybridized carbons (Fsp3) is 0.471. The molecule has 144 valence electrons. The molecular weight excluding hydrogens is 422 g/mol. The number of halogens is 4. The first-order chi connectivity index (χ1) is 11.2. The van der Waals surface area contributed by atoms with Crippen molar-refractivity contribution in [3.63, 3.8) is 0 Å². The van der Waals surface area contributed by atoms with Gasteiger partial charge in [-0.1, -0.05) is 76.9 Å². The molecular formula is C17H26Cl4N2OS. The van der Waals surface area contributed by atoms with Crippen LogP contribution in [0.15, 0.2) is 39.9 Å². The van der Waals surface area contributed by atoms with E-state index in [9.17, 15) is 4.79 Å². The molecule has 0 atom stereocenters. The fourth-order valence-electron chi connectivity index (χ4n) is 1.84. The van der Waals surface area contributed by atoms with Crippen molar-refractivity contribution in [1.29, 1.82) is 0 Å². The van der Waals surface area contributed by atoms with Crippen LogP contribution in [0.1, 0.15) is 33.3 Å². The standard InChI is InChI=1S/C10H16Cl3NOS.C7H7Cl.H3N/c1-6(2)14(7(3)4)10(15)16-5-8(11)9(12)13;8-6-7-4-2-1-3-5-7;/h6-7H,5H2,1-4H3;1-5H,6H2;1H3. The van der Waals surface area contributed by atoms with E-state index in [4.69, 9.17) is 46.4 Å². The Morgan fingerprint density at radius 3 is 1.84 bits per heavy atom. The number of hydrogen-bond donors (Lipinski definition) is 1. The highest BCUT2D eigenvalue weighted by molar-refractivity contribution is 8.13. The molecule has 0 fully saturated rings. The summed E-state index contributed by atoms with van der Waals surface area (Å²) < 4.78 is 0.0163. The number of benzene rings is 1. The van der Waals surface area contributed by atoms with Gasteiger partial charge in [-0.25, -0.2) is 0 Å². The minimum atomic E-state index is -0.0160. The van der Waals surface area contributed by atoms with Crippen molar-refractivity contribution in [1.82, 2.24) is 11.1 Å². The number of rotatable bonds is 5. The fourth-order valence-corrected chi connectivity index (χ4v) is 3.44. The highest BCUT2D eigenvalue weighted by Gasteiger charge is 2.20. The van der Waals surface area contributed by atoms with Crippen molar-refractivity contribution >= 4 is 63.4 Å². The van der Waals surface area contributed by atoms with Crippen molar-refractivity contribution in [2.24, 2.45) is 0 Å². The molecule has 0 bridgehead atoms. The molecule has 1 aromatic carbocycles. The number of carbonyl (C=O) groups is 1. The van der Waals surface area contributed by atoms with Gasteiger partial charge in [0.15, 0.2) is 0 Å². The zero-order valence-corrected chi connectivity index (χ0v) is 18.8. The lowest BCUT2D eigenvalue weighted by atomic mass is 10.2. The lowest BCUT2D eigenvalue weighted by Gasteiger charge is -2.30. The average molecular weight is 448 g/mol. The molecule has 1 amide bonds. The van der Waals surface area contributed by atoms with Crippen molar-refractivity contribution in [3.05, 3.63) is 45.4 Å². The molecule has 0 saturated carbocycles. The van der Waals surface area contributed by atoms with Crippen LogP contribution in [0.25, 0.3) is 0 Å². The first kappa shape index (κ1) is 27.1. The largest absolute Gasteiger partial charge is 0.344 e. The van der Waals surface area contributed by atoms with Gasteiger partial charge >= 0.3 is 0 Å². The maximum absolute atomic E-state index is 11.9. The van der Waals surface area contributed by atoms with Gasteiger partial charge in [-0.2, -0.15) is 0 Å². The van der Waals surface area contributed by atoms with E-state index in [1.165, 1.54) is 5.56 Å². The minimum Gasteiger partial charge on any atom is -0.344 e. The third-order valence-electron chi connectivity index (χ3n) is 2.85. The molecule has 0 aliphatic rings. The lowest BCUT2D eigenvalue weighted by molar-refractivity contribution is 0.190. The Morgan fingerprint density at radius 2 is 1.52 bits per heavy atom. The second kappa shape index (κ2) is 15.0. The zero-order valence-electron chi connectivity index (χ0n) is 14.9. The van der Waals surface area contributed by atoms with Crippen molar-refractivity contribution in [3.8, 4) is 0 Å². The number of carbonyl (C=O) groups excluding carboxylic acids is 1. The van der Waals surface area contributed by atoms with Crippen LogP contribution in [0, 0.1) is 0 Å². The molecule has 25 heavy (non-hydrogen) atoms. The monoisotopic (exact) mass is 446 g/mol. The summed E-state index contributed by atoms with van der Waals surface area (Å²) in [6, 6.07) is 10.3. The van der Waals surface area contributed by atoms with E-state index in [0.717, 1.165) is 11.8 Å². The Hall–Kier alpha value is -0.100. The van der Waals surface area contributed by atoms with Gasteiger partial charge in [0, 0.05) is 23.7 Å². The maximum Gasteiger partial charge on any atom is 0.282 e. The van der Waals surface area contributed by atoms with Crippen LogP contribution in [0.5, 0.6) is 0 Å². The van der Waals surface area contributed by atoms with Gasteiger partial charge in [0.05, 0.1) is 5.03 Å². The Labute approximate surface area is 175 Å². The van der Waals surface area contributed by atoms with E-state index in [1.807, 2.05) is 58.0 Å². The molecule has 3 nitrogen and oxygen atoms in total. The Kier molecular flexibility index (Phi) is 16.3. The SMILES string of the molecule is CC(C)N(C(=O)SCC(Cl)=C(Cl)Cl)C(C)C.ClCc1ccccc1.N. The highest BCUT2D eigenvalue weighted by Crippen LogP contribution is 2.24. The predicted molar refractivity (Wildman–Crippen MR) is 116 cm³/mol. The van der Waals surface area contributed by atoms with Gasteiger partial charge < -0.3 is 11.1 Å². The van der Waals surface area contributed by atoms with E-state index in [0.29, 0.717) is 16.7 Å². The second-order valence-corrected chi connectivity index (χ2v) is 8.03. The van der Waals surface area contributed by atoms with Gasteiger partial charge in [-0.15, -0.1) is 11.6 Å². The van der Waals surface area contributed by atoms with Gasteiger partial charge in [0.25, 0.3) is 5.24 Å². The number of amides is 1. The van der Waals surface area contributed by atoms with Crippen LogP contribution in [0.2, 0.25) is 0 Å². The van der Waals surface area contributed by atoms with Crippen molar-refractivity contribution < 1.29 is 4.79 Å². The molecule has 0 aliphatic carbocycles. The summed E-state index contributed by atoms with van der Waals surface area (Å²) in [6.45, 7) is 7.91. The Morgan fingerprint density at radius 1 is 1.04 bits per heavy atom. The van der Waals surface area contributed by atoms with Crippen LogP contribution in [-0.4, -0.2) is 28.0 Å². The third kappa shape index (κ3) is 12.0. The van der Waals surface area contributed by atoms with Crippen LogP contribution in [-0.2, 0) is 5.88 Å². The first-order valence-electron chi connectivity index (χ1n) is 7.45. The maximum atomic E-state index is 11.9. The smallest absolute Gasteiger partial charge is 0.282 e. The van der Waals surface area contributed by atoms with Gasteiger partial charge in [0.1, 0.15) is 4.49 Å². The molecule has 3 N–H and O–H groups in total. The quantitative estimate of drug-likeness (QED) is 0.477. The van der Waals surface area contributed by atoms with Crippen LogP contribution >= 0.6 is 58.2 Å². The van der Waals surface area contributed by atoms with E-state index >= 15 is 0 Å². The summed E-state index contributed by atoms with van der Waals surface area (Å²) in [5.74, 6) is 0.916. The van der Waals surface area contributed by atoms with Crippen molar-refractivity contribution in [2.45, 2.75) is 45.7 Å². The summed E-state index contributed by atoms with van der Waals surface area (Å²) in [7, 11) is 0. The van der Waals surface area contributed by atoms with Gasteiger partial charge in [-0.05, 0) is 33.3 Å². The minimum absolute atomic E-state index is 0. The van der Waals surface area contributed by atoms with E-state index in [2.05, 4.69) is 0 Å². The van der Waals surface area contributed by atoms with E-state index in [-0.39, 0.29) is 28.0 Å². The normalized spacial score (nSPS) is 9.84. The first-order valence-corrected chi connectivity index (χ1v) is 10.1. The molecule has 0 heterocycles. The molecule has 0 unspecified atom stereocenters. The number of thioether (sulfide) groups is 1. The third-order valence-corrected chi connectivity index (χ3v) is 5.18. The second-order valence-electron chi connectivity index (χ2n) is 5.43. The zero-order chi connectivity index (χ0) is 18.7. The summed E-state index contributed by atoms with van der Waals surface area (Å²) in [6.07, 6.45) is 0. The average Bonchev–Trinajstić information content (AvgIpc) is 2.53.